The second-order valence-corrected chi connectivity index (χ2v) is 3.68. The highest BCUT2D eigenvalue weighted by Gasteiger charge is 2.08. The van der Waals surface area contributed by atoms with Gasteiger partial charge in [-0.1, -0.05) is 17.7 Å². The summed E-state index contributed by atoms with van der Waals surface area (Å²) < 4.78 is 5.49. The Labute approximate surface area is 95.1 Å². The van der Waals surface area contributed by atoms with Crippen molar-refractivity contribution in [2.45, 2.75) is 26.7 Å². The van der Waals surface area contributed by atoms with Crippen LogP contribution in [0.1, 0.15) is 24.0 Å². The molecule has 1 aromatic heterocycles. The number of aromatic nitrogens is 2. The first-order chi connectivity index (χ1) is 7.16. The van der Waals surface area contributed by atoms with E-state index >= 15 is 0 Å². The molecule has 0 bridgehead atoms. The maximum absolute atomic E-state index is 5.83. The molecule has 0 aromatic carbocycles. The van der Waals surface area contributed by atoms with E-state index in [2.05, 4.69) is 16.8 Å². The second-order valence-electron chi connectivity index (χ2n) is 3.33. The van der Waals surface area contributed by atoms with Crippen LogP contribution in [-0.4, -0.2) is 16.8 Å². The van der Waals surface area contributed by atoms with E-state index in [1.165, 1.54) is 0 Å². The molecule has 1 rings (SSSR count). The van der Waals surface area contributed by atoms with Crippen molar-refractivity contribution in [2.75, 3.05) is 6.61 Å². The minimum absolute atomic E-state index is 0.436. The fourth-order valence-electron chi connectivity index (χ4n) is 1.09. The van der Waals surface area contributed by atoms with E-state index in [1.807, 2.05) is 19.9 Å². The van der Waals surface area contributed by atoms with Crippen molar-refractivity contribution in [2.24, 2.45) is 0 Å². The molecular formula is C11H15ClN2O. The van der Waals surface area contributed by atoms with E-state index in [0.717, 1.165) is 24.0 Å². The molecule has 0 unspecified atom stereocenters. The highest BCUT2D eigenvalue weighted by Crippen LogP contribution is 2.22. The minimum Gasteiger partial charge on any atom is -0.476 e. The molecule has 3 nitrogen and oxygen atoms in total. The molecule has 0 aliphatic heterocycles. The zero-order valence-electron chi connectivity index (χ0n) is 9.09. The van der Waals surface area contributed by atoms with Crippen LogP contribution in [0.3, 0.4) is 0 Å². The van der Waals surface area contributed by atoms with Gasteiger partial charge in [0.25, 0.3) is 0 Å². The van der Waals surface area contributed by atoms with Gasteiger partial charge in [0.1, 0.15) is 0 Å². The van der Waals surface area contributed by atoms with Crippen molar-refractivity contribution < 1.29 is 4.74 Å². The summed E-state index contributed by atoms with van der Waals surface area (Å²) in [7, 11) is 0. The SMILES string of the molecule is C=CCCCOc1nnc(Cl)c(C)c1C. The Morgan fingerprint density at radius 3 is 2.73 bits per heavy atom. The van der Waals surface area contributed by atoms with Crippen LogP contribution in [0.15, 0.2) is 12.7 Å². The molecule has 0 aliphatic rings. The average Bonchev–Trinajstić information content (AvgIpc) is 2.24. The van der Waals surface area contributed by atoms with E-state index in [-0.39, 0.29) is 0 Å². The molecule has 0 amide bonds. The summed E-state index contributed by atoms with van der Waals surface area (Å²) in [6, 6.07) is 0. The van der Waals surface area contributed by atoms with Gasteiger partial charge in [0.2, 0.25) is 5.88 Å². The number of halogens is 1. The van der Waals surface area contributed by atoms with Gasteiger partial charge in [0, 0.05) is 5.56 Å². The molecule has 0 saturated heterocycles. The molecule has 0 aliphatic carbocycles. The first kappa shape index (κ1) is 12.0. The van der Waals surface area contributed by atoms with Crippen LogP contribution in [0.25, 0.3) is 0 Å². The smallest absolute Gasteiger partial charge is 0.236 e. The Morgan fingerprint density at radius 1 is 1.33 bits per heavy atom. The number of hydrogen-bond acceptors (Lipinski definition) is 3. The average molecular weight is 227 g/mol. The quantitative estimate of drug-likeness (QED) is 0.572. The van der Waals surface area contributed by atoms with Gasteiger partial charge in [-0.3, -0.25) is 0 Å². The summed E-state index contributed by atoms with van der Waals surface area (Å²) in [6.07, 6.45) is 3.75. The molecule has 15 heavy (non-hydrogen) atoms. The van der Waals surface area contributed by atoms with Gasteiger partial charge in [-0.05, 0) is 32.3 Å². The van der Waals surface area contributed by atoms with Crippen molar-refractivity contribution in [1.82, 2.24) is 10.2 Å². The number of hydrogen-bond donors (Lipinski definition) is 0. The van der Waals surface area contributed by atoms with Gasteiger partial charge in [-0.2, -0.15) is 0 Å². The molecule has 0 saturated carbocycles. The summed E-state index contributed by atoms with van der Waals surface area (Å²) in [4.78, 5) is 0. The predicted octanol–water partition coefficient (Wildman–Crippen LogP) is 3.09. The van der Waals surface area contributed by atoms with E-state index in [4.69, 9.17) is 16.3 Å². The van der Waals surface area contributed by atoms with Crippen LogP contribution in [0.5, 0.6) is 5.88 Å². The van der Waals surface area contributed by atoms with Crippen LogP contribution in [0, 0.1) is 13.8 Å². The van der Waals surface area contributed by atoms with Crippen LogP contribution >= 0.6 is 11.6 Å². The number of allylic oxidation sites excluding steroid dienone is 1. The normalized spacial score (nSPS) is 10.1. The molecule has 0 atom stereocenters. The molecule has 0 radical (unpaired) electrons. The molecule has 1 heterocycles. The van der Waals surface area contributed by atoms with Crippen LogP contribution in [0.4, 0.5) is 0 Å². The third-order valence-electron chi connectivity index (χ3n) is 2.21. The largest absolute Gasteiger partial charge is 0.476 e. The number of nitrogens with zero attached hydrogens (tertiary/aromatic N) is 2. The molecular weight excluding hydrogens is 212 g/mol. The molecule has 0 N–H and O–H groups in total. The van der Waals surface area contributed by atoms with Gasteiger partial charge in [-0.25, -0.2) is 0 Å². The zero-order chi connectivity index (χ0) is 11.3. The third-order valence-corrected chi connectivity index (χ3v) is 2.57. The standard InChI is InChI=1S/C11H15ClN2O/c1-4-5-6-7-15-11-9(3)8(2)10(12)13-14-11/h4H,1,5-7H2,2-3H3. The minimum atomic E-state index is 0.436. The van der Waals surface area contributed by atoms with Gasteiger partial charge >= 0.3 is 0 Å². The molecule has 1 aromatic rings. The Balaban J connectivity index is 2.62. The highest BCUT2D eigenvalue weighted by atomic mass is 35.5. The Morgan fingerprint density at radius 2 is 2.07 bits per heavy atom. The number of unbranched alkanes of at least 4 members (excludes halogenated alkanes) is 1. The van der Waals surface area contributed by atoms with Crippen molar-refractivity contribution in [3.8, 4) is 5.88 Å². The fraction of sp³-hybridized carbons (Fsp3) is 0.455. The van der Waals surface area contributed by atoms with E-state index in [1.54, 1.807) is 0 Å². The topological polar surface area (TPSA) is 35.0 Å². The summed E-state index contributed by atoms with van der Waals surface area (Å²) in [5, 5.41) is 8.15. The fourth-order valence-corrected chi connectivity index (χ4v) is 1.27. The Kier molecular flexibility index (Phi) is 4.56. The lowest BCUT2D eigenvalue weighted by atomic mass is 10.2. The predicted molar refractivity (Wildman–Crippen MR) is 61.4 cm³/mol. The first-order valence-electron chi connectivity index (χ1n) is 4.90. The molecule has 4 heteroatoms. The lowest BCUT2D eigenvalue weighted by Gasteiger charge is -2.08. The Bertz CT molecular complexity index is 353. The number of rotatable bonds is 5. The van der Waals surface area contributed by atoms with Crippen LogP contribution in [-0.2, 0) is 0 Å². The van der Waals surface area contributed by atoms with Crippen molar-refractivity contribution in [3.05, 3.63) is 28.9 Å². The third kappa shape index (κ3) is 3.20. The van der Waals surface area contributed by atoms with Gasteiger partial charge in [0.15, 0.2) is 5.15 Å². The summed E-state index contributed by atoms with van der Waals surface area (Å²) >= 11 is 5.83. The van der Waals surface area contributed by atoms with Gasteiger partial charge in [-0.15, -0.1) is 16.8 Å². The number of ether oxygens (including phenoxy) is 1. The van der Waals surface area contributed by atoms with Crippen LogP contribution < -0.4 is 4.74 Å². The molecule has 82 valence electrons. The molecule has 0 fully saturated rings. The van der Waals surface area contributed by atoms with Gasteiger partial charge in [0.05, 0.1) is 6.61 Å². The summed E-state index contributed by atoms with van der Waals surface area (Å²) in [6.45, 7) is 8.11. The van der Waals surface area contributed by atoms with E-state index in [0.29, 0.717) is 17.6 Å². The Hall–Kier alpha value is -1.09. The lowest BCUT2D eigenvalue weighted by Crippen LogP contribution is -2.03. The highest BCUT2D eigenvalue weighted by molar-refractivity contribution is 6.30. The first-order valence-corrected chi connectivity index (χ1v) is 5.27. The van der Waals surface area contributed by atoms with Crippen molar-refractivity contribution in [1.29, 1.82) is 0 Å². The van der Waals surface area contributed by atoms with Crippen molar-refractivity contribution in [3.63, 3.8) is 0 Å². The summed E-state index contributed by atoms with van der Waals surface area (Å²) in [5.41, 5.74) is 1.87. The molecule has 0 spiro atoms. The zero-order valence-corrected chi connectivity index (χ0v) is 9.84. The van der Waals surface area contributed by atoms with Gasteiger partial charge < -0.3 is 4.74 Å². The monoisotopic (exact) mass is 226 g/mol. The maximum atomic E-state index is 5.83. The van der Waals surface area contributed by atoms with E-state index in [9.17, 15) is 0 Å². The second kappa shape index (κ2) is 5.71. The van der Waals surface area contributed by atoms with Crippen LogP contribution in [0.2, 0.25) is 5.15 Å². The maximum Gasteiger partial charge on any atom is 0.236 e. The lowest BCUT2D eigenvalue weighted by molar-refractivity contribution is 0.294. The van der Waals surface area contributed by atoms with E-state index < -0.39 is 0 Å². The van der Waals surface area contributed by atoms with Crippen molar-refractivity contribution >= 4 is 11.6 Å². The summed E-state index contributed by atoms with van der Waals surface area (Å²) in [5.74, 6) is 0.570.